The summed E-state index contributed by atoms with van der Waals surface area (Å²) in [5, 5.41) is 8.73. The number of aliphatic carboxylic acids is 1. The Balaban J connectivity index is 1.51. The summed E-state index contributed by atoms with van der Waals surface area (Å²) in [4.78, 5) is 21.4. The Morgan fingerprint density at radius 1 is 1.19 bits per heavy atom. The van der Waals surface area contributed by atoms with Gasteiger partial charge < -0.3 is 10.1 Å². The van der Waals surface area contributed by atoms with E-state index in [0.29, 0.717) is 6.04 Å². The number of nitrogens with one attached hydrogen (secondary N) is 1. The minimum atomic E-state index is -0.930. The topological polar surface area (TPSA) is 69.2 Å². The Bertz CT molecular complexity index is 926. The van der Waals surface area contributed by atoms with Gasteiger partial charge in [-0.3, -0.25) is 4.90 Å². The molecular formula is C22H23N3O2. The lowest BCUT2D eigenvalue weighted by atomic mass is 10.0. The summed E-state index contributed by atoms with van der Waals surface area (Å²) < 4.78 is 0. The van der Waals surface area contributed by atoms with Crippen molar-refractivity contribution < 1.29 is 9.90 Å². The van der Waals surface area contributed by atoms with E-state index in [1.807, 2.05) is 30.3 Å². The molecule has 1 saturated heterocycles. The van der Waals surface area contributed by atoms with Crippen LogP contribution >= 0.6 is 0 Å². The third-order valence-corrected chi connectivity index (χ3v) is 5.12. The molecule has 0 saturated carbocycles. The Morgan fingerprint density at radius 3 is 2.78 bits per heavy atom. The summed E-state index contributed by atoms with van der Waals surface area (Å²) in [6, 6.07) is 16.6. The molecule has 0 bridgehead atoms. The fourth-order valence-electron chi connectivity index (χ4n) is 3.76. The summed E-state index contributed by atoms with van der Waals surface area (Å²) in [7, 11) is 0. The van der Waals surface area contributed by atoms with E-state index in [0.717, 1.165) is 48.0 Å². The zero-order valence-electron chi connectivity index (χ0n) is 15.1. The van der Waals surface area contributed by atoms with Crippen LogP contribution in [-0.2, 0) is 11.3 Å². The van der Waals surface area contributed by atoms with E-state index in [1.165, 1.54) is 18.4 Å². The molecule has 0 spiro atoms. The highest BCUT2D eigenvalue weighted by Crippen LogP contribution is 2.31. The molecule has 4 rings (SSSR count). The minimum Gasteiger partial charge on any atom is -0.478 e. The quantitative estimate of drug-likeness (QED) is 0.662. The van der Waals surface area contributed by atoms with Gasteiger partial charge in [-0.15, -0.1) is 0 Å². The normalized spacial score (nSPS) is 18.3. The van der Waals surface area contributed by atoms with Gasteiger partial charge in [0.25, 0.3) is 0 Å². The lowest BCUT2D eigenvalue weighted by Gasteiger charge is -2.34. The van der Waals surface area contributed by atoms with Crippen LogP contribution in [-0.4, -0.2) is 32.5 Å². The van der Waals surface area contributed by atoms with Crippen molar-refractivity contribution in [2.45, 2.75) is 31.8 Å². The molecule has 27 heavy (non-hydrogen) atoms. The van der Waals surface area contributed by atoms with Crippen molar-refractivity contribution in [3.05, 3.63) is 71.6 Å². The van der Waals surface area contributed by atoms with Crippen LogP contribution in [0, 0.1) is 0 Å². The van der Waals surface area contributed by atoms with Gasteiger partial charge in [0.05, 0.1) is 17.1 Å². The molecule has 1 fully saturated rings. The van der Waals surface area contributed by atoms with Crippen molar-refractivity contribution in [1.29, 1.82) is 0 Å². The van der Waals surface area contributed by atoms with Crippen LogP contribution in [0.5, 0.6) is 0 Å². The monoisotopic (exact) mass is 361 g/mol. The molecule has 1 aromatic heterocycles. The van der Waals surface area contributed by atoms with Crippen LogP contribution in [0.15, 0.2) is 54.6 Å². The SMILES string of the molecule is O=C(O)/C=C/c1ccc(CN2CCCC[C@H]2c2nc3ccccc3[nH]2)cc1. The maximum Gasteiger partial charge on any atom is 0.328 e. The maximum atomic E-state index is 10.6. The van der Waals surface area contributed by atoms with Gasteiger partial charge in [-0.25, -0.2) is 9.78 Å². The van der Waals surface area contributed by atoms with Crippen molar-refractivity contribution >= 4 is 23.1 Å². The first-order valence-electron chi connectivity index (χ1n) is 9.38. The fraction of sp³-hybridized carbons (Fsp3) is 0.273. The fourth-order valence-corrected chi connectivity index (χ4v) is 3.76. The van der Waals surface area contributed by atoms with E-state index in [4.69, 9.17) is 10.1 Å². The van der Waals surface area contributed by atoms with Gasteiger partial charge in [-0.2, -0.15) is 0 Å². The summed E-state index contributed by atoms with van der Waals surface area (Å²) in [6.07, 6.45) is 6.31. The zero-order valence-corrected chi connectivity index (χ0v) is 15.1. The van der Waals surface area contributed by atoms with E-state index >= 15 is 0 Å². The highest BCUT2D eigenvalue weighted by atomic mass is 16.4. The molecule has 2 heterocycles. The number of aromatic nitrogens is 2. The summed E-state index contributed by atoms with van der Waals surface area (Å²) in [5.74, 6) is 0.123. The van der Waals surface area contributed by atoms with Gasteiger partial charge in [-0.05, 0) is 48.7 Å². The van der Waals surface area contributed by atoms with Crippen LogP contribution in [0.3, 0.4) is 0 Å². The van der Waals surface area contributed by atoms with Gasteiger partial charge in [0, 0.05) is 12.6 Å². The van der Waals surface area contributed by atoms with E-state index in [1.54, 1.807) is 6.08 Å². The summed E-state index contributed by atoms with van der Waals surface area (Å²) in [6.45, 7) is 1.92. The number of likely N-dealkylation sites (tertiary alicyclic amines) is 1. The van der Waals surface area contributed by atoms with Crippen LogP contribution in [0.4, 0.5) is 0 Å². The van der Waals surface area contributed by atoms with Crippen molar-refractivity contribution in [2.75, 3.05) is 6.54 Å². The standard InChI is InChI=1S/C22H23N3O2/c26-21(27)13-12-16-8-10-17(11-9-16)15-25-14-4-3-7-20(25)22-23-18-5-1-2-6-19(18)24-22/h1-2,5-6,8-13,20H,3-4,7,14-15H2,(H,23,24)(H,26,27)/b13-12+/t20-/m0/s1. The lowest BCUT2D eigenvalue weighted by molar-refractivity contribution is -0.131. The number of imidazole rings is 1. The Morgan fingerprint density at radius 2 is 2.00 bits per heavy atom. The molecular weight excluding hydrogens is 338 g/mol. The van der Waals surface area contributed by atoms with Gasteiger partial charge in [0.1, 0.15) is 5.82 Å². The number of hydrogen-bond acceptors (Lipinski definition) is 3. The number of hydrogen-bond donors (Lipinski definition) is 2. The molecule has 138 valence electrons. The Labute approximate surface area is 158 Å². The lowest BCUT2D eigenvalue weighted by Crippen LogP contribution is -2.33. The van der Waals surface area contributed by atoms with E-state index < -0.39 is 5.97 Å². The zero-order chi connectivity index (χ0) is 18.6. The number of aromatic amines is 1. The van der Waals surface area contributed by atoms with E-state index in [2.05, 4.69) is 28.1 Å². The Kier molecular flexibility index (Phi) is 5.03. The summed E-state index contributed by atoms with van der Waals surface area (Å²) >= 11 is 0. The number of nitrogens with zero attached hydrogens (tertiary/aromatic N) is 2. The first-order valence-corrected chi connectivity index (χ1v) is 9.38. The van der Waals surface area contributed by atoms with E-state index in [-0.39, 0.29) is 0 Å². The molecule has 0 aliphatic carbocycles. The first kappa shape index (κ1) is 17.5. The second-order valence-electron chi connectivity index (χ2n) is 7.03. The largest absolute Gasteiger partial charge is 0.478 e. The molecule has 5 nitrogen and oxygen atoms in total. The molecule has 1 atom stereocenters. The number of carboxylic acid groups (broad SMARTS) is 1. The number of H-pyrrole nitrogens is 1. The average molecular weight is 361 g/mol. The maximum absolute atomic E-state index is 10.6. The molecule has 2 aromatic carbocycles. The molecule has 2 N–H and O–H groups in total. The number of rotatable bonds is 5. The van der Waals surface area contributed by atoms with Crippen LogP contribution in [0.25, 0.3) is 17.1 Å². The number of carboxylic acids is 1. The van der Waals surface area contributed by atoms with E-state index in [9.17, 15) is 4.79 Å². The van der Waals surface area contributed by atoms with Gasteiger partial charge >= 0.3 is 5.97 Å². The third kappa shape index (κ3) is 4.09. The number of piperidine rings is 1. The molecule has 1 aliphatic rings. The number of fused-ring (bicyclic) bond motifs is 1. The third-order valence-electron chi connectivity index (χ3n) is 5.12. The molecule has 0 amide bonds. The van der Waals surface area contributed by atoms with Crippen molar-refractivity contribution in [2.24, 2.45) is 0 Å². The van der Waals surface area contributed by atoms with Crippen molar-refractivity contribution in [3.8, 4) is 0 Å². The Hall–Kier alpha value is -2.92. The smallest absolute Gasteiger partial charge is 0.328 e. The molecule has 5 heteroatoms. The minimum absolute atomic E-state index is 0.303. The highest BCUT2D eigenvalue weighted by molar-refractivity contribution is 5.85. The predicted octanol–water partition coefficient (Wildman–Crippen LogP) is 4.39. The van der Waals surface area contributed by atoms with Crippen LogP contribution < -0.4 is 0 Å². The van der Waals surface area contributed by atoms with Crippen LogP contribution in [0.2, 0.25) is 0 Å². The summed E-state index contributed by atoms with van der Waals surface area (Å²) in [5.41, 5.74) is 4.24. The second-order valence-corrected chi connectivity index (χ2v) is 7.03. The second kappa shape index (κ2) is 7.76. The van der Waals surface area contributed by atoms with Crippen molar-refractivity contribution in [3.63, 3.8) is 0 Å². The molecule has 0 radical (unpaired) electrons. The molecule has 3 aromatic rings. The first-order chi connectivity index (χ1) is 13.2. The number of para-hydroxylation sites is 2. The average Bonchev–Trinajstić information content (AvgIpc) is 3.12. The molecule has 0 unspecified atom stereocenters. The highest BCUT2D eigenvalue weighted by Gasteiger charge is 2.26. The van der Waals surface area contributed by atoms with Gasteiger partial charge in [0.2, 0.25) is 0 Å². The predicted molar refractivity (Wildman–Crippen MR) is 106 cm³/mol. The number of benzene rings is 2. The van der Waals surface area contributed by atoms with Crippen LogP contribution in [0.1, 0.15) is 42.3 Å². The molecule has 1 aliphatic heterocycles. The van der Waals surface area contributed by atoms with Gasteiger partial charge in [-0.1, -0.05) is 42.8 Å². The van der Waals surface area contributed by atoms with Gasteiger partial charge in [0.15, 0.2) is 0 Å². The van der Waals surface area contributed by atoms with Crippen molar-refractivity contribution in [1.82, 2.24) is 14.9 Å². The number of carbonyl (C=O) groups is 1.